The Hall–Kier alpha value is -2.57. The molecule has 1 fully saturated rings. The Morgan fingerprint density at radius 1 is 1.21 bits per heavy atom. The van der Waals surface area contributed by atoms with Crippen LogP contribution in [-0.4, -0.2) is 33.8 Å². The van der Waals surface area contributed by atoms with Gasteiger partial charge in [-0.25, -0.2) is 9.97 Å². The topological polar surface area (TPSA) is 87.3 Å². The second kappa shape index (κ2) is 7.69. The van der Waals surface area contributed by atoms with Gasteiger partial charge in [0, 0.05) is 54.4 Å². The highest BCUT2D eigenvalue weighted by Crippen LogP contribution is 2.30. The number of hydrogen-bond acceptors (Lipinski definition) is 6. The Labute approximate surface area is 175 Å². The van der Waals surface area contributed by atoms with Gasteiger partial charge in [-0.2, -0.15) is 0 Å². The molecular weight excluding hydrogens is 386 g/mol. The number of pyridine rings is 2. The van der Waals surface area contributed by atoms with Gasteiger partial charge in [0.2, 0.25) is 0 Å². The minimum absolute atomic E-state index is 0.273. The molecule has 6 nitrogen and oxygen atoms in total. The number of fused-ring (bicyclic) bond motifs is 1. The zero-order valence-corrected chi connectivity index (χ0v) is 17.4. The van der Waals surface area contributed by atoms with Gasteiger partial charge in [-0.1, -0.05) is 17.7 Å². The summed E-state index contributed by atoms with van der Waals surface area (Å²) in [5.74, 6) is 1.71. The molecule has 3 aromatic rings. The van der Waals surface area contributed by atoms with Crippen LogP contribution in [0, 0.1) is 5.92 Å². The number of nitrogens with one attached hydrogen (secondary N) is 1. The number of hydrogen-bond donors (Lipinski definition) is 3. The monoisotopic (exact) mass is 411 g/mol. The van der Waals surface area contributed by atoms with Crippen molar-refractivity contribution >= 4 is 39.7 Å². The molecule has 4 N–H and O–H groups in total. The van der Waals surface area contributed by atoms with Gasteiger partial charge in [0.25, 0.3) is 0 Å². The van der Waals surface area contributed by atoms with Crippen LogP contribution in [0.1, 0.15) is 25.8 Å². The maximum atomic E-state index is 10.2. The first-order valence-corrected chi connectivity index (χ1v) is 10.2. The van der Waals surface area contributed by atoms with E-state index in [1.807, 2.05) is 44.3 Å². The molecule has 1 atom stereocenters. The van der Waals surface area contributed by atoms with Crippen LogP contribution in [0.5, 0.6) is 0 Å². The highest BCUT2D eigenvalue weighted by atomic mass is 35.5. The summed E-state index contributed by atoms with van der Waals surface area (Å²) >= 11 is 6.26. The SMILES string of the molecule is CC(C)(O)[C@H]1CCN(c2ccc(CNc3ccc4c(N)ncc(Cl)c4c3)cn2)C1. The first-order valence-electron chi connectivity index (χ1n) is 9.81. The Bertz CT molecular complexity index is 1020. The van der Waals surface area contributed by atoms with E-state index in [-0.39, 0.29) is 5.92 Å². The average molecular weight is 412 g/mol. The predicted molar refractivity (Wildman–Crippen MR) is 119 cm³/mol. The molecule has 2 aromatic heterocycles. The van der Waals surface area contributed by atoms with Crippen LogP contribution in [0.2, 0.25) is 5.02 Å². The average Bonchev–Trinajstić information content (AvgIpc) is 3.20. The van der Waals surface area contributed by atoms with Gasteiger partial charge in [0.15, 0.2) is 0 Å². The van der Waals surface area contributed by atoms with Crippen molar-refractivity contribution in [2.24, 2.45) is 5.92 Å². The Morgan fingerprint density at radius 2 is 2.03 bits per heavy atom. The highest BCUT2D eigenvalue weighted by molar-refractivity contribution is 6.35. The van der Waals surface area contributed by atoms with Crippen LogP contribution < -0.4 is 16.0 Å². The number of nitrogens with zero attached hydrogens (tertiary/aromatic N) is 3. The van der Waals surface area contributed by atoms with Gasteiger partial charge in [-0.3, -0.25) is 0 Å². The number of aromatic nitrogens is 2. The van der Waals surface area contributed by atoms with Crippen molar-refractivity contribution in [2.45, 2.75) is 32.4 Å². The fraction of sp³-hybridized carbons (Fsp3) is 0.364. The molecule has 1 aromatic carbocycles. The number of halogens is 1. The third-order valence-electron chi connectivity index (χ3n) is 5.69. The van der Waals surface area contributed by atoms with E-state index in [0.29, 0.717) is 17.4 Å². The second-order valence-electron chi connectivity index (χ2n) is 8.22. The van der Waals surface area contributed by atoms with E-state index >= 15 is 0 Å². The molecule has 0 radical (unpaired) electrons. The third-order valence-corrected chi connectivity index (χ3v) is 5.99. The van der Waals surface area contributed by atoms with Crippen molar-refractivity contribution in [1.82, 2.24) is 9.97 Å². The Morgan fingerprint density at radius 3 is 2.72 bits per heavy atom. The predicted octanol–water partition coefficient (Wildman–Crippen LogP) is 4.07. The molecule has 0 bridgehead atoms. The molecule has 0 spiro atoms. The maximum absolute atomic E-state index is 10.2. The summed E-state index contributed by atoms with van der Waals surface area (Å²) < 4.78 is 0. The number of nitrogens with two attached hydrogens (primary N) is 1. The van der Waals surface area contributed by atoms with E-state index in [4.69, 9.17) is 17.3 Å². The molecule has 7 heteroatoms. The van der Waals surface area contributed by atoms with Crippen LogP contribution in [0.4, 0.5) is 17.3 Å². The summed E-state index contributed by atoms with van der Waals surface area (Å²) in [6.45, 7) is 6.19. The van der Waals surface area contributed by atoms with Crippen LogP contribution in [-0.2, 0) is 6.54 Å². The highest BCUT2D eigenvalue weighted by Gasteiger charge is 2.33. The molecule has 1 aliphatic rings. The summed E-state index contributed by atoms with van der Waals surface area (Å²) in [4.78, 5) is 11.0. The summed E-state index contributed by atoms with van der Waals surface area (Å²) in [6, 6.07) is 10.0. The van der Waals surface area contributed by atoms with Crippen molar-refractivity contribution in [1.29, 1.82) is 0 Å². The molecule has 3 heterocycles. The lowest BCUT2D eigenvalue weighted by molar-refractivity contribution is 0.0263. The first-order chi connectivity index (χ1) is 13.8. The fourth-order valence-corrected chi connectivity index (χ4v) is 4.00. The van der Waals surface area contributed by atoms with Crippen molar-refractivity contribution in [3.8, 4) is 0 Å². The molecule has 1 saturated heterocycles. The number of benzene rings is 1. The van der Waals surface area contributed by atoms with Crippen molar-refractivity contribution in [3.63, 3.8) is 0 Å². The van der Waals surface area contributed by atoms with Crippen molar-refractivity contribution in [2.75, 3.05) is 29.0 Å². The number of anilines is 3. The van der Waals surface area contributed by atoms with E-state index in [1.54, 1.807) is 6.20 Å². The molecule has 4 rings (SSSR count). The standard InChI is InChI=1S/C22H26ClN5O/c1-22(2,29)15-7-8-28(13-15)20-6-3-14(11-26-20)10-25-16-4-5-17-18(9-16)19(23)12-27-21(17)24/h3-6,9,11-12,15,25,29H,7-8,10,13H2,1-2H3,(H2,24,27)/t15-/m0/s1. The minimum atomic E-state index is -0.651. The largest absolute Gasteiger partial charge is 0.390 e. The van der Waals surface area contributed by atoms with E-state index in [0.717, 1.165) is 47.4 Å². The summed E-state index contributed by atoms with van der Waals surface area (Å²) in [5.41, 5.74) is 7.32. The van der Waals surface area contributed by atoms with E-state index in [1.165, 1.54) is 0 Å². The summed E-state index contributed by atoms with van der Waals surface area (Å²) in [5, 5.41) is 16.0. The van der Waals surface area contributed by atoms with E-state index in [2.05, 4.69) is 26.3 Å². The van der Waals surface area contributed by atoms with Gasteiger partial charge in [0.05, 0.1) is 10.6 Å². The van der Waals surface area contributed by atoms with E-state index < -0.39 is 5.60 Å². The molecular formula is C22H26ClN5O. The van der Waals surface area contributed by atoms with Gasteiger partial charge in [0.1, 0.15) is 11.6 Å². The van der Waals surface area contributed by atoms with Gasteiger partial charge in [-0.05, 0) is 50.1 Å². The Kier molecular flexibility index (Phi) is 5.23. The summed E-state index contributed by atoms with van der Waals surface area (Å²) in [6.07, 6.45) is 4.46. The third kappa shape index (κ3) is 4.23. The normalized spacial score (nSPS) is 17.1. The molecule has 1 aliphatic heterocycles. The minimum Gasteiger partial charge on any atom is -0.390 e. The van der Waals surface area contributed by atoms with Gasteiger partial charge in [-0.15, -0.1) is 0 Å². The van der Waals surface area contributed by atoms with Crippen LogP contribution >= 0.6 is 11.6 Å². The summed E-state index contributed by atoms with van der Waals surface area (Å²) in [7, 11) is 0. The zero-order valence-electron chi connectivity index (χ0n) is 16.7. The lowest BCUT2D eigenvalue weighted by Gasteiger charge is -2.25. The maximum Gasteiger partial charge on any atom is 0.131 e. The second-order valence-corrected chi connectivity index (χ2v) is 8.62. The quantitative estimate of drug-likeness (QED) is 0.586. The molecule has 29 heavy (non-hydrogen) atoms. The Balaban J connectivity index is 1.41. The zero-order chi connectivity index (χ0) is 20.6. The molecule has 0 saturated carbocycles. The smallest absolute Gasteiger partial charge is 0.131 e. The lowest BCUT2D eigenvalue weighted by Crippen LogP contribution is -2.33. The fourth-order valence-electron chi connectivity index (χ4n) is 3.80. The molecule has 0 aliphatic carbocycles. The van der Waals surface area contributed by atoms with Crippen LogP contribution in [0.15, 0.2) is 42.7 Å². The lowest BCUT2D eigenvalue weighted by atomic mass is 9.90. The van der Waals surface area contributed by atoms with Gasteiger partial charge < -0.3 is 21.1 Å². The number of rotatable bonds is 5. The van der Waals surface area contributed by atoms with E-state index in [9.17, 15) is 5.11 Å². The van der Waals surface area contributed by atoms with Crippen LogP contribution in [0.25, 0.3) is 10.8 Å². The van der Waals surface area contributed by atoms with Crippen LogP contribution in [0.3, 0.4) is 0 Å². The van der Waals surface area contributed by atoms with Crippen molar-refractivity contribution < 1.29 is 5.11 Å². The van der Waals surface area contributed by atoms with Gasteiger partial charge >= 0.3 is 0 Å². The molecule has 0 unspecified atom stereocenters. The molecule has 0 amide bonds. The van der Waals surface area contributed by atoms with Crippen molar-refractivity contribution in [3.05, 3.63) is 53.3 Å². The first kappa shape index (κ1) is 19.7. The molecule has 152 valence electrons. The number of aliphatic hydroxyl groups is 1. The number of nitrogen functional groups attached to an aromatic ring is 1.